The van der Waals surface area contributed by atoms with Crippen molar-refractivity contribution in [1.82, 2.24) is 9.80 Å². The first-order valence-electron chi connectivity index (χ1n) is 11.3. The van der Waals surface area contributed by atoms with Gasteiger partial charge in [-0.2, -0.15) is 0 Å². The molecule has 2 heterocycles. The van der Waals surface area contributed by atoms with Crippen LogP contribution in [0.1, 0.15) is 51.8 Å². The van der Waals surface area contributed by atoms with Crippen LogP contribution in [-0.4, -0.2) is 41.2 Å². The molecule has 0 aliphatic carbocycles. The fourth-order valence-electron chi connectivity index (χ4n) is 4.53. The van der Waals surface area contributed by atoms with Gasteiger partial charge < -0.3 is 9.80 Å². The van der Waals surface area contributed by atoms with Gasteiger partial charge in [0.2, 0.25) is 5.91 Å². The third-order valence-electron chi connectivity index (χ3n) is 6.04. The van der Waals surface area contributed by atoms with E-state index in [1.165, 1.54) is 10.4 Å². The van der Waals surface area contributed by atoms with Gasteiger partial charge in [0.05, 0.1) is 6.04 Å². The van der Waals surface area contributed by atoms with Gasteiger partial charge >= 0.3 is 0 Å². The molecule has 1 atom stereocenters. The van der Waals surface area contributed by atoms with Crippen LogP contribution in [0.5, 0.6) is 0 Å². The molecule has 1 aliphatic heterocycles. The van der Waals surface area contributed by atoms with Gasteiger partial charge in [0.1, 0.15) is 6.54 Å². The lowest BCUT2D eigenvalue weighted by Gasteiger charge is -2.38. The first-order valence-corrected chi connectivity index (χ1v) is 12.6. The number of amides is 2. The van der Waals surface area contributed by atoms with Crippen molar-refractivity contribution in [2.24, 2.45) is 5.92 Å². The van der Waals surface area contributed by atoms with Crippen molar-refractivity contribution in [2.75, 3.05) is 19.6 Å². The molecule has 0 spiro atoms. The van der Waals surface area contributed by atoms with Crippen LogP contribution in [-0.2, 0) is 11.2 Å². The number of halogens is 1. The largest absolute Gasteiger partial charge is 0.330 e. The Hall–Kier alpha value is -2.63. The van der Waals surface area contributed by atoms with Crippen LogP contribution in [0.25, 0.3) is 0 Å². The highest BCUT2D eigenvalue weighted by atomic mass is 35.5. The van der Waals surface area contributed by atoms with Crippen molar-refractivity contribution < 1.29 is 9.59 Å². The Balaban J connectivity index is 1.64. The average Bonchev–Trinajstić information content (AvgIpc) is 3.26. The summed E-state index contributed by atoms with van der Waals surface area (Å²) in [5.41, 5.74) is 4.01. The zero-order valence-corrected chi connectivity index (χ0v) is 20.8. The van der Waals surface area contributed by atoms with Crippen LogP contribution in [0, 0.1) is 12.8 Å². The number of rotatable bonds is 6. The Bertz CT molecular complexity index is 1160. The van der Waals surface area contributed by atoms with E-state index in [0.29, 0.717) is 23.7 Å². The molecule has 2 amide bonds. The van der Waals surface area contributed by atoms with Gasteiger partial charge in [-0.25, -0.2) is 0 Å². The van der Waals surface area contributed by atoms with Crippen LogP contribution in [0.3, 0.4) is 0 Å². The Labute approximate surface area is 204 Å². The minimum Gasteiger partial charge on any atom is -0.330 e. The number of nitrogens with zero attached hydrogens (tertiary/aromatic N) is 2. The number of carbonyl (C=O) groups excluding carboxylic acids is 2. The molecule has 0 saturated carbocycles. The second kappa shape index (κ2) is 10.1. The molecule has 172 valence electrons. The molecule has 0 radical (unpaired) electrons. The molecule has 33 heavy (non-hydrogen) atoms. The van der Waals surface area contributed by atoms with Gasteiger partial charge in [-0.15, -0.1) is 11.3 Å². The minimum absolute atomic E-state index is 0.0314. The van der Waals surface area contributed by atoms with Crippen LogP contribution >= 0.6 is 22.9 Å². The predicted octanol–water partition coefficient (Wildman–Crippen LogP) is 5.98. The third kappa shape index (κ3) is 5.15. The first-order chi connectivity index (χ1) is 15.8. The van der Waals surface area contributed by atoms with Crippen LogP contribution < -0.4 is 0 Å². The van der Waals surface area contributed by atoms with Crippen molar-refractivity contribution in [1.29, 1.82) is 0 Å². The summed E-state index contributed by atoms with van der Waals surface area (Å²) in [7, 11) is 0. The molecule has 0 N–H and O–H groups in total. The standard InChI is InChI=1S/C27H29ClN2O2S/c1-18(2)16-29(27(32)20-8-6-9-21(28)15-20)17-25(31)30-13-11-24-23(12-14-33-24)26(30)22-10-5-4-7-19(22)3/h4-10,12,14-15,18,26H,11,13,16-17H2,1-3H3. The van der Waals surface area contributed by atoms with Crippen molar-refractivity contribution in [3.63, 3.8) is 0 Å². The minimum atomic E-state index is -0.166. The molecule has 4 nitrogen and oxygen atoms in total. The smallest absolute Gasteiger partial charge is 0.254 e. The Kier molecular flexibility index (Phi) is 7.20. The molecule has 2 aromatic carbocycles. The van der Waals surface area contributed by atoms with Crippen LogP contribution in [0.15, 0.2) is 60.0 Å². The number of hydrogen-bond donors (Lipinski definition) is 0. The van der Waals surface area contributed by atoms with Crippen molar-refractivity contribution in [2.45, 2.75) is 33.2 Å². The molecule has 1 unspecified atom stereocenters. The molecular weight excluding hydrogens is 452 g/mol. The molecule has 0 bridgehead atoms. The monoisotopic (exact) mass is 480 g/mol. The highest BCUT2D eigenvalue weighted by Gasteiger charge is 2.34. The number of thiophene rings is 1. The van der Waals surface area contributed by atoms with E-state index in [1.807, 2.05) is 17.0 Å². The number of benzene rings is 2. The van der Waals surface area contributed by atoms with E-state index in [0.717, 1.165) is 17.5 Å². The Morgan fingerprint density at radius 2 is 1.91 bits per heavy atom. The third-order valence-corrected chi connectivity index (χ3v) is 7.27. The van der Waals surface area contributed by atoms with E-state index in [4.69, 9.17) is 11.6 Å². The second-order valence-corrected chi connectivity index (χ2v) is 10.4. The van der Waals surface area contributed by atoms with E-state index in [9.17, 15) is 9.59 Å². The van der Waals surface area contributed by atoms with E-state index in [1.54, 1.807) is 40.5 Å². The van der Waals surface area contributed by atoms with E-state index in [-0.39, 0.29) is 30.3 Å². The maximum atomic E-state index is 13.7. The summed E-state index contributed by atoms with van der Waals surface area (Å²) >= 11 is 7.87. The summed E-state index contributed by atoms with van der Waals surface area (Å²) in [5, 5.41) is 2.62. The van der Waals surface area contributed by atoms with Crippen LogP contribution in [0.4, 0.5) is 0 Å². The quantitative estimate of drug-likeness (QED) is 0.435. The maximum Gasteiger partial charge on any atom is 0.254 e. The summed E-state index contributed by atoms with van der Waals surface area (Å²) in [5.74, 6) is 0.0364. The first kappa shape index (κ1) is 23.5. The van der Waals surface area contributed by atoms with E-state index < -0.39 is 0 Å². The average molecular weight is 481 g/mol. The van der Waals surface area contributed by atoms with E-state index >= 15 is 0 Å². The SMILES string of the molecule is Cc1ccccc1C1c2ccsc2CCN1C(=O)CN(CC(C)C)C(=O)c1cccc(Cl)c1. The molecule has 1 aliphatic rings. The summed E-state index contributed by atoms with van der Waals surface area (Å²) in [6.45, 7) is 7.39. The lowest BCUT2D eigenvalue weighted by Crippen LogP contribution is -2.47. The zero-order chi connectivity index (χ0) is 23.5. The van der Waals surface area contributed by atoms with Gasteiger partial charge in [0.25, 0.3) is 5.91 Å². The highest BCUT2D eigenvalue weighted by molar-refractivity contribution is 7.10. The van der Waals surface area contributed by atoms with Gasteiger partial charge in [0.15, 0.2) is 0 Å². The maximum absolute atomic E-state index is 13.7. The molecule has 3 aromatic rings. The fourth-order valence-corrected chi connectivity index (χ4v) is 5.63. The molecule has 0 fully saturated rings. The van der Waals surface area contributed by atoms with E-state index in [2.05, 4.69) is 44.4 Å². The predicted molar refractivity (Wildman–Crippen MR) is 135 cm³/mol. The molecule has 0 saturated heterocycles. The summed E-state index contributed by atoms with van der Waals surface area (Å²) in [6, 6.07) is 17.2. The van der Waals surface area contributed by atoms with Crippen molar-refractivity contribution >= 4 is 34.8 Å². The van der Waals surface area contributed by atoms with Crippen molar-refractivity contribution in [3.05, 3.63) is 92.1 Å². The van der Waals surface area contributed by atoms with Crippen molar-refractivity contribution in [3.8, 4) is 0 Å². The number of carbonyl (C=O) groups is 2. The normalized spacial score (nSPS) is 15.4. The lowest BCUT2D eigenvalue weighted by atomic mass is 9.90. The number of aryl methyl sites for hydroxylation is 1. The number of fused-ring (bicyclic) bond motifs is 1. The van der Waals surface area contributed by atoms with Gasteiger partial charge in [-0.05, 0) is 65.6 Å². The van der Waals surface area contributed by atoms with Crippen LogP contribution in [0.2, 0.25) is 5.02 Å². The molecular formula is C27H29ClN2O2S. The Morgan fingerprint density at radius 1 is 1.12 bits per heavy atom. The second-order valence-electron chi connectivity index (χ2n) is 8.99. The highest BCUT2D eigenvalue weighted by Crippen LogP contribution is 2.39. The topological polar surface area (TPSA) is 40.6 Å². The molecule has 6 heteroatoms. The van der Waals surface area contributed by atoms with Gasteiger partial charge in [-0.1, -0.05) is 55.8 Å². The van der Waals surface area contributed by atoms with Gasteiger partial charge in [0, 0.05) is 28.6 Å². The zero-order valence-electron chi connectivity index (χ0n) is 19.3. The Morgan fingerprint density at radius 3 is 2.64 bits per heavy atom. The summed E-state index contributed by atoms with van der Waals surface area (Å²) in [4.78, 5) is 32.0. The van der Waals surface area contributed by atoms with Gasteiger partial charge in [-0.3, -0.25) is 9.59 Å². The molecule has 4 rings (SSSR count). The molecule has 1 aromatic heterocycles. The number of hydrogen-bond acceptors (Lipinski definition) is 3. The summed E-state index contributed by atoms with van der Waals surface area (Å²) in [6.07, 6.45) is 0.841. The summed E-state index contributed by atoms with van der Waals surface area (Å²) < 4.78 is 0. The lowest BCUT2D eigenvalue weighted by molar-refractivity contribution is -0.134. The fraction of sp³-hybridized carbons (Fsp3) is 0.333.